The number of esters is 1. The minimum atomic E-state index is -1.43. The highest BCUT2D eigenvalue weighted by atomic mass is 32.2. The number of amides is 6. The van der Waals surface area contributed by atoms with E-state index >= 15 is 0 Å². The van der Waals surface area contributed by atoms with Crippen LogP contribution in [0.5, 0.6) is 5.75 Å². The first-order chi connectivity index (χ1) is 27.6. The molecule has 14 nitrogen and oxygen atoms in total. The fourth-order valence-corrected chi connectivity index (χ4v) is 8.07. The average molecular weight is 787 g/mol. The number of β-lactam (4-membered cyclic amide) rings is 1. The molecule has 4 aromatic rings. The lowest BCUT2D eigenvalue weighted by molar-refractivity contribution is -0.154. The Morgan fingerprint density at radius 1 is 0.877 bits per heavy atom. The molecular formula is C42H38N6O8S. The monoisotopic (exact) mass is 786 g/mol. The van der Waals surface area contributed by atoms with Crippen molar-refractivity contribution in [1.82, 2.24) is 30.3 Å². The summed E-state index contributed by atoms with van der Waals surface area (Å²) < 4.78 is 6.24. The van der Waals surface area contributed by atoms with Crippen LogP contribution in [0.1, 0.15) is 41.3 Å². The molecule has 0 radical (unpaired) electrons. The molecule has 0 aliphatic carbocycles. The number of ether oxygens (including phenoxy) is 1. The zero-order valence-electron chi connectivity index (χ0n) is 30.7. The summed E-state index contributed by atoms with van der Waals surface area (Å²) in [5.41, 5.74) is 3.03. The Morgan fingerprint density at radius 3 is 2.19 bits per heavy atom. The maximum absolute atomic E-state index is 14.4. The first kappa shape index (κ1) is 38.5. The fourth-order valence-electron chi connectivity index (χ4n) is 6.75. The van der Waals surface area contributed by atoms with Crippen LogP contribution in [0.2, 0.25) is 0 Å². The molecule has 290 valence electrons. The molecule has 7 rings (SSSR count). The molecule has 3 aliphatic rings. The van der Waals surface area contributed by atoms with E-state index in [2.05, 4.69) is 15.6 Å². The summed E-state index contributed by atoms with van der Waals surface area (Å²) in [4.78, 5) is 88.8. The second-order valence-corrected chi connectivity index (χ2v) is 14.4. The van der Waals surface area contributed by atoms with Gasteiger partial charge in [0.2, 0.25) is 5.91 Å². The molecule has 0 bridgehead atoms. The van der Waals surface area contributed by atoms with Crippen LogP contribution in [-0.4, -0.2) is 97.2 Å². The smallest absolute Gasteiger partial charge is 0.356 e. The van der Waals surface area contributed by atoms with Gasteiger partial charge in [0.1, 0.15) is 28.9 Å². The molecule has 1 aromatic heterocycles. The zero-order valence-corrected chi connectivity index (χ0v) is 31.5. The number of phenols is 1. The number of nitrogens with one attached hydrogen (secondary N) is 2. The van der Waals surface area contributed by atoms with Gasteiger partial charge in [-0.05, 0) is 52.9 Å². The lowest BCUT2D eigenvalue weighted by Crippen LogP contribution is -2.71. The van der Waals surface area contributed by atoms with Gasteiger partial charge in [-0.2, -0.15) is 0 Å². The Kier molecular flexibility index (Phi) is 11.5. The number of hydrogen-bond donors (Lipinski definition) is 3. The molecule has 2 fully saturated rings. The van der Waals surface area contributed by atoms with E-state index in [-0.39, 0.29) is 35.9 Å². The number of urea groups is 1. The third-order valence-electron chi connectivity index (χ3n) is 9.77. The van der Waals surface area contributed by atoms with E-state index in [9.17, 15) is 33.9 Å². The number of allylic oxidation sites excluding steroid dienone is 1. The minimum Gasteiger partial charge on any atom is -0.508 e. The van der Waals surface area contributed by atoms with Crippen LogP contribution in [-0.2, 0) is 28.7 Å². The summed E-state index contributed by atoms with van der Waals surface area (Å²) in [6.07, 6.45) is 6.05. The Bertz CT molecular complexity index is 2200. The topological polar surface area (TPSA) is 179 Å². The molecule has 3 aliphatic heterocycles. The molecular weight excluding hydrogens is 749 g/mol. The van der Waals surface area contributed by atoms with Crippen molar-refractivity contribution in [3.63, 3.8) is 0 Å². The molecule has 2 saturated heterocycles. The van der Waals surface area contributed by atoms with Crippen LogP contribution >= 0.6 is 11.8 Å². The summed E-state index contributed by atoms with van der Waals surface area (Å²) in [5, 5.41) is 14.5. The highest BCUT2D eigenvalue weighted by molar-refractivity contribution is 8.00. The Morgan fingerprint density at radius 2 is 1.56 bits per heavy atom. The average Bonchev–Trinajstić information content (AvgIpc) is 3.24. The van der Waals surface area contributed by atoms with Crippen molar-refractivity contribution in [1.29, 1.82) is 0 Å². The first-order valence-corrected chi connectivity index (χ1v) is 19.3. The van der Waals surface area contributed by atoms with Crippen LogP contribution in [0.3, 0.4) is 0 Å². The van der Waals surface area contributed by atoms with Gasteiger partial charge in [0, 0.05) is 37.8 Å². The largest absolute Gasteiger partial charge is 0.508 e. The second kappa shape index (κ2) is 17.0. The number of aromatic hydroxyl groups is 1. The predicted octanol–water partition coefficient (Wildman–Crippen LogP) is 3.93. The van der Waals surface area contributed by atoms with Crippen molar-refractivity contribution < 1.29 is 38.6 Å². The number of piperazine rings is 1. The lowest BCUT2D eigenvalue weighted by atomic mass is 9.99. The molecule has 3 N–H and O–H groups in total. The first-order valence-electron chi connectivity index (χ1n) is 18.2. The molecule has 57 heavy (non-hydrogen) atoms. The molecule has 3 atom stereocenters. The number of pyridine rings is 1. The van der Waals surface area contributed by atoms with E-state index in [0.717, 1.165) is 21.6 Å². The minimum absolute atomic E-state index is 0.0315. The number of fused-ring (bicyclic) bond motifs is 1. The van der Waals surface area contributed by atoms with E-state index in [0.29, 0.717) is 12.1 Å². The van der Waals surface area contributed by atoms with Crippen LogP contribution in [0.4, 0.5) is 4.79 Å². The van der Waals surface area contributed by atoms with Crippen molar-refractivity contribution in [2.45, 2.75) is 30.5 Å². The van der Waals surface area contributed by atoms with E-state index < -0.39 is 59.2 Å². The molecule has 6 amide bonds. The standard InChI is InChI=1S/C42H38N6O8S/c1-2-46-22-23-47(39(53)38(46)52)42(55)45-32(27-17-19-31(49)20-18-27)36(50)44-33-37(51)48-34(30(25-57-40(33)48)16-15-26-10-9-21-43-24-26)41(54)56-35(28-11-5-3-6-12-28)29-13-7-4-8-14-29/h3-21,24,32-33,35,40,49H,2,22-23,25H2,1H3,(H,44,50)(H,45,55)/t32-,33?,40-/m1/s1. The number of thioether (sulfide) groups is 1. The highest BCUT2D eigenvalue weighted by Crippen LogP contribution is 2.42. The summed E-state index contributed by atoms with van der Waals surface area (Å²) in [6.45, 7) is 2.06. The van der Waals surface area contributed by atoms with Crippen molar-refractivity contribution in [2.24, 2.45) is 0 Å². The third kappa shape index (κ3) is 8.14. The molecule has 3 aromatic carbocycles. The Labute approximate surface area is 332 Å². The predicted molar refractivity (Wildman–Crippen MR) is 209 cm³/mol. The number of rotatable bonds is 11. The maximum atomic E-state index is 14.4. The normalized spacial score (nSPS) is 18.6. The molecule has 0 saturated carbocycles. The van der Waals surface area contributed by atoms with Gasteiger partial charge in [-0.3, -0.25) is 34.0 Å². The number of likely N-dealkylation sites (N-methyl/N-ethyl adjacent to an activating group) is 1. The Hall–Kier alpha value is -6.74. The van der Waals surface area contributed by atoms with Crippen LogP contribution < -0.4 is 10.6 Å². The number of nitrogens with zero attached hydrogens (tertiary/aromatic N) is 4. The molecule has 0 spiro atoms. The summed E-state index contributed by atoms with van der Waals surface area (Å²) >= 11 is 1.33. The van der Waals surface area contributed by atoms with Crippen LogP contribution in [0.25, 0.3) is 6.08 Å². The second-order valence-electron chi connectivity index (χ2n) is 13.3. The summed E-state index contributed by atoms with van der Waals surface area (Å²) in [7, 11) is 0. The SMILES string of the molecule is CCN1CCN(C(=O)N[C@@H](C(=O)NC2C(=O)N3C(C(=O)OC(c4ccccc4)c4ccccc4)=C(C=Cc4cccnc4)CS[C@H]23)c2ccc(O)cc2)C(=O)C1=O. The van der Waals surface area contributed by atoms with Gasteiger partial charge in [-0.15, -0.1) is 11.8 Å². The van der Waals surface area contributed by atoms with E-state index in [1.54, 1.807) is 37.5 Å². The fraction of sp³-hybridized carbons (Fsp3) is 0.214. The summed E-state index contributed by atoms with van der Waals surface area (Å²) in [6, 6.07) is 24.1. The van der Waals surface area contributed by atoms with Gasteiger partial charge in [0.15, 0.2) is 6.10 Å². The quantitative estimate of drug-likeness (QED) is 0.115. The zero-order chi connectivity index (χ0) is 40.1. The molecule has 15 heteroatoms. The number of imide groups is 1. The number of carbonyl (C=O) groups excluding carboxylic acids is 6. The van der Waals surface area contributed by atoms with Gasteiger partial charge < -0.3 is 25.4 Å². The van der Waals surface area contributed by atoms with Crippen LogP contribution in [0.15, 0.2) is 127 Å². The maximum Gasteiger partial charge on any atom is 0.356 e. The van der Waals surface area contributed by atoms with Gasteiger partial charge >= 0.3 is 23.8 Å². The van der Waals surface area contributed by atoms with Gasteiger partial charge in [0.25, 0.3) is 5.91 Å². The third-order valence-corrected chi connectivity index (χ3v) is 11.1. The van der Waals surface area contributed by atoms with E-state index in [1.807, 2.05) is 66.7 Å². The van der Waals surface area contributed by atoms with Crippen molar-refractivity contribution in [3.8, 4) is 5.75 Å². The van der Waals surface area contributed by atoms with E-state index in [4.69, 9.17) is 4.74 Å². The number of phenolic OH excluding ortho intramolecular Hbond substituents is 1. The number of carbonyl (C=O) groups is 6. The molecule has 1 unspecified atom stereocenters. The van der Waals surface area contributed by atoms with Gasteiger partial charge in [0.05, 0.1) is 0 Å². The van der Waals surface area contributed by atoms with Crippen molar-refractivity contribution in [3.05, 3.63) is 149 Å². The number of benzene rings is 3. The van der Waals surface area contributed by atoms with Crippen molar-refractivity contribution in [2.75, 3.05) is 25.4 Å². The molecule has 4 heterocycles. The van der Waals surface area contributed by atoms with Crippen LogP contribution in [0, 0.1) is 0 Å². The lowest BCUT2D eigenvalue weighted by Gasteiger charge is -2.49. The summed E-state index contributed by atoms with van der Waals surface area (Å²) in [5.74, 6) is -3.79. The van der Waals surface area contributed by atoms with E-state index in [1.165, 1.54) is 45.8 Å². The highest BCUT2D eigenvalue weighted by Gasteiger charge is 2.55. The van der Waals surface area contributed by atoms with Gasteiger partial charge in [-0.25, -0.2) is 9.59 Å². The Balaban J connectivity index is 1.15. The van der Waals surface area contributed by atoms with Gasteiger partial charge in [-0.1, -0.05) is 91.0 Å². The number of aromatic nitrogens is 1. The van der Waals surface area contributed by atoms with Crippen molar-refractivity contribution >= 4 is 53.5 Å². The number of hydrogen-bond acceptors (Lipinski definition) is 10.